The van der Waals surface area contributed by atoms with Crippen LogP contribution in [-0.4, -0.2) is 22.2 Å². The fraction of sp³-hybridized carbons (Fsp3) is 0.0426. The molecule has 492 valence electrons. The summed E-state index contributed by atoms with van der Waals surface area (Å²) in [7, 11) is -5.73. The Balaban J connectivity index is 0.00000925. The molecule has 14 aromatic carbocycles. The first kappa shape index (κ1) is 47.8. The summed E-state index contributed by atoms with van der Waals surface area (Å²) in [6, 6.07) is 67.0. The van der Waals surface area contributed by atoms with Crippen LogP contribution in [-0.2, 0) is 26.5 Å². The van der Waals surface area contributed by atoms with Gasteiger partial charge in [0, 0.05) is 65.8 Å². The van der Waals surface area contributed by atoms with E-state index in [1.54, 1.807) is 18.2 Å². The Morgan fingerprint density at radius 3 is 1.69 bits per heavy atom. The van der Waals surface area contributed by atoms with Crippen LogP contribution in [0.4, 0.5) is 0 Å². The van der Waals surface area contributed by atoms with E-state index < -0.39 is 114 Å². The summed E-state index contributed by atoms with van der Waals surface area (Å²) in [4.78, 5) is 4.93. The number of hydrogen-bond donors (Lipinski definition) is 0. The van der Waals surface area contributed by atoms with Gasteiger partial charge in [0.15, 0.2) is 8.07 Å². The Bertz CT molecular complexity index is 7340. The van der Waals surface area contributed by atoms with Gasteiger partial charge in [-0.25, -0.2) is 4.98 Å². The first-order chi connectivity index (χ1) is 56.4. The zero-order valence-electron chi connectivity index (χ0n) is 70.3. The second kappa shape index (κ2) is 24.3. The molecule has 0 bridgehead atoms. The number of ether oxygens (including phenoxy) is 1. The smallest absolute Gasteiger partial charge is 0.268 e. The Kier molecular flexibility index (Phi) is 11.3. The minimum absolute atomic E-state index is 0. The average Bonchev–Trinajstić information content (AvgIpc) is 0.842. The molecular weight excluding hydrogens is 1460 g/mol. The fourth-order valence-electron chi connectivity index (χ4n) is 15.2. The van der Waals surface area contributed by atoms with Crippen LogP contribution in [0.1, 0.15) is 46.9 Å². The van der Waals surface area contributed by atoms with Crippen molar-refractivity contribution in [3.63, 3.8) is 0 Å². The normalized spacial score (nSPS) is 14.2. The summed E-state index contributed by atoms with van der Waals surface area (Å²) in [5, 5.41) is 3.55. The third kappa shape index (κ3) is 9.95. The van der Waals surface area contributed by atoms with Gasteiger partial charge in [-0.3, -0.25) is 4.57 Å². The van der Waals surface area contributed by atoms with E-state index in [0.717, 1.165) is 71.4 Å². The van der Waals surface area contributed by atoms with Crippen molar-refractivity contribution in [1.82, 2.24) is 14.1 Å². The zero-order chi connectivity index (χ0) is 80.8. The molecule has 0 radical (unpaired) electrons. The van der Waals surface area contributed by atoms with Crippen molar-refractivity contribution in [2.24, 2.45) is 0 Å². The minimum atomic E-state index is -5.73. The van der Waals surface area contributed by atoms with Crippen molar-refractivity contribution in [2.75, 3.05) is 0 Å². The fourth-order valence-corrected chi connectivity index (χ4v) is 19.0. The molecule has 0 aliphatic carbocycles. The Morgan fingerprint density at radius 1 is 0.427 bits per heavy atom. The number of imidazole rings is 1. The maximum Gasteiger partial charge on any atom is 0.268 e. The van der Waals surface area contributed by atoms with E-state index in [4.69, 9.17) is 22.7 Å². The number of furan rings is 2. The van der Waals surface area contributed by atoms with Crippen molar-refractivity contribution < 1.29 is 59.8 Å². The van der Waals surface area contributed by atoms with E-state index in [9.17, 15) is 16.4 Å². The molecule has 9 heteroatoms. The van der Waals surface area contributed by atoms with Crippen LogP contribution >= 0.6 is 0 Å². The van der Waals surface area contributed by atoms with Gasteiger partial charge in [-0.2, -0.15) is 18.2 Å². The number of hydrogen-bond acceptors (Lipinski definition) is 4. The second-order valence-electron chi connectivity index (χ2n) is 26.6. The van der Waals surface area contributed by atoms with Crippen LogP contribution in [0.2, 0.25) is 0 Å². The second-order valence-corrected chi connectivity index (χ2v) is 30.2. The summed E-state index contributed by atoms with van der Waals surface area (Å²) >= 11 is 0. The SMILES string of the molecule is [2H]c1c([2H])c([2H])c([Si](c2ccc3c(c2)-c2cccc(-c4ccc5oc6ccccc6c5c4)c2-[n+]2[c-]n(-c4[c-]c(Oc5[c-]c6c(cc5)c5ccccc5n6-c5cc(C(C)(C)C)ccn5)ccc4)c4cc(-c5ccc6oc7ccccc7c6c5)cc(c42)-c2ccccc2-3)(c2c([2H])c([2H])c([2H])c([2H])c2[2H])c2c([2H])c([2H])c([2H])c([2H])c2[2H])c([2H])c1[2H].[Pt]. The molecule has 0 saturated heterocycles. The van der Waals surface area contributed by atoms with Crippen molar-refractivity contribution in [2.45, 2.75) is 26.2 Å². The van der Waals surface area contributed by atoms with Crippen molar-refractivity contribution in [3.8, 4) is 84.3 Å². The number of rotatable bonds is 10. The van der Waals surface area contributed by atoms with E-state index in [2.05, 4.69) is 86.3 Å². The third-order valence-electron chi connectivity index (χ3n) is 19.9. The molecule has 103 heavy (non-hydrogen) atoms. The number of nitrogens with zero attached hydrogens (tertiary/aromatic N) is 4. The van der Waals surface area contributed by atoms with E-state index in [0.29, 0.717) is 95.2 Å². The van der Waals surface area contributed by atoms with Crippen molar-refractivity contribution in [3.05, 3.63) is 345 Å². The summed E-state index contributed by atoms with van der Waals surface area (Å²) in [5.74, 6) is 1.48. The molecule has 0 unspecified atom stereocenters. The van der Waals surface area contributed by atoms with Gasteiger partial charge in [0.25, 0.3) is 6.33 Å². The molecule has 6 heterocycles. The zero-order valence-corrected chi connectivity index (χ0v) is 58.5. The van der Waals surface area contributed by atoms with E-state index in [1.807, 2.05) is 179 Å². The molecule has 0 spiro atoms. The van der Waals surface area contributed by atoms with Crippen LogP contribution in [0.15, 0.2) is 330 Å². The van der Waals surface area contributed by atoms with E-state index in [-0.39, 0.29) is 31.7 Å². The molecule has 19 aromatic rings. The molecule has 20 rings (SSSR count). The molecule has 0 saturated carbocycles. The van der Waals surface area contributed by atoms with Gasteiger partial charge in [-0.05, 0) is 159 Å². The van der Waals surface area contributed by atoms with Crippen LogP contribution in [0, 0.1) is 18.5 Å². The number of fused-ring (bicyclic) bond motifs is 16. The molecule has 7 nitrogen and oxygen atoms in total. The number of aromatic nitrogens is 4. The van der Waals surface area contributed by atoms with Gasteiger partial charge < -0.3 is 22.7 Å². The Hall–Kier alpha value is -12.2. The van der Waals surface area contributed by atoms with Crippen LogP contribution in [0.25, 0.3) is 150 Å². The van der Waals surface area contributed by atoms with Crippen molar-refractivity contribution in [1.29, 1.82) is 0 Å². The van der Waals surface area contributed by atoms with Crippen molar-refractivity contribution >= 4 is 106 Å². The van der Waals surface area contributed by atoms with Gasteiger partial charge in [0.05, 0.1) is 37.3 Å². The third-order valence-corrected chi connectivity index (χ3v) is 24.1. The molecule has 0 N–H and O–H groups in total. The van der Waals surface area contributed by atoms with Gasteiger partial charge in [-0.1, -0.05) is 250 Å². The van der Waals surface area contributed by atoms with Crippen LogP contribution in [0.5, 0.6) is 11.5 Å². The summed E-state index contributed by atoms with van der Waals surface area (Å²) in [5.41, 5.74) is 14.1. The number of pyridine rings is 1. The van der Waals surface area contributed by atoms with Gasteiger partial charge in [0.1, 0.15) is 28.1 Å². The molecule has 1 aliphatic rings. The molecule has 0 amide bonds. The van der Waals surface area contributed by atoms with Crippen LogP contribution in [0.3, 0.4) is 0 Å². The minimum Gasteiger partial charge on any atom is -0.510 e. The molecule has 0 atom stereocenters. The first-order valence-electron chi connectivity index (χ1n) is 41.0. The topological polar surface area (TPSA) is 62.1 Å². The summed E-state index contributed by atoms with van der Waals surface area (Å²) in [6.07, 6.45) is 5.77. The first-order valence-corrected chi connectivity index (χ1v) is 35.5. The van der Waals surface area contributed by atoms with Gasteiger partial charge in [0.2, 0.25) is 0 Å². The number of para-hydroxylation sites is 4. The van der Waals surface area contributed by atoms with Crippen LogP contribution < -0.4 is 30.1 Å². The molecule has 5 aromatic heterocycles. The average molecular weight is 1530 g/mol. The Morgan fingerprint density at radius 2 is 1.00 bits per heavy atom. The maximum atomic E-state index is 10.1. The van der Waals surface area contributed by atoms with Gasteiger partial charge in [-0.15, -0.1) is 29.7 Å². The predicted octanol–water partition coefficient (Wildman–Crippen LogP) is 20.7. The largest absolute Gasteiger partial charge is 0.510 e. The predicted molar refractivity (Wildman–Crippen MR) is 418 cm³/mol. The maximum absolute atomic E-state index is 10.1. The quantitative estimate of drug-likeness (QED) is 0.0592. The summed E-state index contributed by atoms with van der Waals surface area (Å²) < 4.78 is 170. The summed E-state index contributed by atoms with van der Waals surface area (Å²) in [6.45, 7) is 6.52. The standard InChI is InChI=1S/C94H62N4O3Si.Pt/c1-94(2,3)63-49-50-95-91(55-63)98-84-38-18-15-33-75(84)76-45-43-66(57-85(76)98)99-65-24-21-23-64(56-65)96-59-97-92-71(61-42-48-90-82(52-61)78-35-17-20-40-88(78)101-90)36-22-37-79(92)80-58-70(102(67-25-7-4-8-26-67,68-27-9-5-10-28-68)69-29-11-6-12-30-69)44-46-74(80)72-31-13-14-32-73(72)83-53-62(54-86(96)93(83)97)60-41-47-89-81(51-60)77-34-16-19-39-87(77)100-89;/h4-55,58H,1-3H3;/q-2;/i4D,5D,6D,7D,8D,9D,10D,11D,12D,25D,26D,27D,28D,29D,30D;. The van der Waals surface area contributed by atoms with E-state index >= 15 is 0 Å². The van der Waals surface area contributed by atoms with Gasteiger partial charge >= 0.3 is 0 Å². The Labute approximate surface area is 631 Å². The van der Waals surface area contributed by atoms with E-state index in [1.165, 1.54) is 0 Å². The monoisotopic (exact) mass is 1530 g/mol. The number of benzene rings is 14. The molecule has 0 fully saturated rings. The molecule has 1 aliphatic heterocycles. The molecular formula is C94H62N4O3PtSi-2.